The molecule has 0 bridgehead atoms. The standard InChI is InChI=1S/C22H22N2O3S/c1-16(17-12-14-19(15-13-17)28(2,26)27)23-22(25)20-10-6-7-11-21(20)24-18-8-4-3-5-9-18/h3-16,24H,1-2H3,(H,23,25). The monoisotopic (exact) mass is 394 g/mol. The van der Waals surface area contributed by atoms with Gasteiger partial charge in [-0.15, -0.1) is 0 Å². The van der Waals surface area contributed by atoms with E-state index in [1.54, 1.807) is 30.3 Å². The summed E-state index contributed by atoms with van der Waals surface area (Å²) in [6.45, 7) is 1.86. The van der Waals surface area contributed by atoms with E-state index in [0.717, 1.165) is 11.3 Å². The van der Waals surface area contributed by atoms with E-state index in [1.807, 2.05) is 55.5 Å². The van der Waals surface area contributed by atoms with E-state index in [4.69, 9.17) is 0 Å². The fourth-order valence-electron chi connectivity index (χ4n) is 2.83. The van der Waals surface area contributed by atoms with Gasteiger partial charge < -0.3 is 10.6 Å². The first kappa shape index (κ1) is 19.6. The van der Waals surface area contributed by atoms with Crippen LogP contribution >= 0.6 is 0 Å². The van der Waals surface area contributed by atoms with E-state index in [2.05, 4.69) is 10.6 Å². The smallest absolute Gasteiger partial charge is 0.253 e. The van der Waals surface area contributed by atoms with Gasteiger partial charge >= 0.3 is 0 Å². The average Bonchev–Trinajstić information content (AvgIpc) is 2.68. The third-order valence-corrected chi connectivity index (χ3v) is 5.51. The number of amides is 1. The topological polar surface area (TPSA) is 75.3 Å². The first-order valence-corrected chi connectivity index (χ1v) is 10.8. The highest BCUT2D eigenvalue weighted by Crippen LogP contribution is 2.22. The molecule has 3 rings (SSSR count). The number of carbonyl (C=O) groups excluding carboxylic acids is 1. The Morgan fingerprint density at radius 2 is 1.46 bits per heavy atom. The van der Waals surface area contributed by atoms with Crippen molar-refractivity contribution in [1.29, 1.82) is 0 Å². The number of hydrogen-bond donors (Lipinski definition) is 2. The van der Waals surface area contributed by atoms with Gasteiger partial charge in [-0.05, 0) is 48.9 Å². The quantitative estimate of drug-likeness (QED) is 0.653. The first-order valence-electron chi connectivity index (χ1n) is 8.86. The van der Waals surface area contributed by atoms with Crippen LogP contribution in [-0.2, 0) is 9.84 Å². The van der Waals surface area contributed by atoms with Crippen LogP contribution in [0.3, 0.4) is 0 Å². The van der Waals surface area contributed by atoms with E-state index in [-0.39, 0.29) is 16.8 Å². The lowest BCUT2D eigenvalue weighted by Crippen LogP contribution is -2.27. The maximum atomic E-state index is 12.8. The lowest BCUT2D eigenvalue weighted by Gasteiger charge is -2.17. The van der Waals surface area contributed by atoms with Crippen LogP contribution in [0.2, 0.25) is 0 Å². The molecule has 0 radical (unpaired) electrons. The molecule has 0 saturated heterocycles. The lowest BCUT2D eigenvalue weighted by molar-refractivity contribution is 0.0940. The van der Waals surface area contributed by atoms with Gasteiger partial charge in [0.2, 0.25) is 0 Å². The SMILES string of the molecule is CC(NC(=O)c1ccccc1Nc1ccccc1)c1ccc(S(C)(=O)=O)cc1. The minimum absolute atomic E-state index is 0.210. The van der Waals surface area contributed by atoms with Crippen LogP contribution in [-0.4, -0.2) is 20.6 Å². The van der Waals surface area contributed by atoms with E-state index >= 15 is 0 Å². The molecule has 0 aliphatic rings. The molecule has 0 fully saturated rings. The van der Waals surface area contributed by atoms with Gasteiger partial charge in [-0.3, -0.25) is 4.79 Å². The zero-order valence-electron chi connectivity index (χ0n) is 15.7. The summed E-state index contributed by atoms with van der Waals surface area (Å²) in [7, 11) is -3.24. The molecular formula is C22H22N2O3S. The fourth-order valence-corrected chi connectivity index (χ4v) is 3.46. The minimum atomic E-state index is -3.24. The molecule has 2 N–H and O–H groups in total. The van der Waals surface area contributed by atoms with Crippen molar-refractivity contribution in [3.8, 4) is 0 Å². The van der Waals surface area contributed by atoms with E-state index in [0.29, 0.717) is 11.3 Å². The van der Waals surface area contributed by atoms with Crippen LogP contribution in [0.15, 0.2) is 83.8 Å². The molecule has 28 heavy (non-hydrogen) atoms. The van der Waals surface area contributed by atoms with E-state index < -0.39 is 9.84 Å². The van der Waals surface area contributed by atoms with Gasteiger partial charge in [0, 0.05) is 11.9 Å². The number of anilines is 2. The first-order chi connectivity index (χ1) is 13.3. The summed E-state index contributed by atoms with van der Waals surface area (Å²) in [4.78, 5) is 13.1. The molecule has 144 valence electrons. The summed E-state index contributed by atoms with van der Waals surface area (Å²) in [6.07, 6.45) is 1.17. The van der Waals surface area contributed by atoms with Crippen LogP contribution in [0.4, 0.5) is 11.4 Å². The minimum Gasteiger partial charge on any atom is -0.355 e. The summed E-state index contributed by atoms with van der Waals surface area (Å²) in [6, 6.07) is 23.2. The maximum absolute atomic E-state index is 12.8. The summed E-state index contributed by atoms with van der Waals surface area (Å²) in [5.74, 6) is -0.210. The summed E-state index contributed by atoms with van der Waals surface area (Å²) >= 11 is 0. The molecule has 0 aliphatic heterocycles. The highest BCUT2D eigenvalue weighted by atomic mass is 32.2. The van der Waals surface area contributed by atoms with Crippen molar-refractivity contribution < 1.29 is 13.2 Å². The highest BCUT2D eigenvalue weighted by molar-refractivity contribution is 7.90. The molecule has 0 aromatic heterocycles. The second-order valence-corrected chi connectivity index (χ2v) is 8.59. The molecule has 3 aromatic carbocycles. The van der Waals surface area contributed by atoms with Crippen molar-refractivity contribution >= 4 is 27.1 Å². The normalized spacial score (nSPS) is 12.2. The maximum Gasteiger partial charge on any atom is 0.253 e. The van der Waals surface area contributed by atoms with Gasteiger partial charge in [0.1, 0.15) is 0 Å². The molecule has 1 unspecified atom stereocenters. The van der Waals surface area contributed by atoms with Crippen LogP contribution in [0.25, 0.3) is 0 Å². The largest absolute Gasteiger partial charge is 0.355 e. The highest BCUT2D eigenvalue weighted by Gasteiger charge is 2.15. The Balaban J connectivity index is 1.76. The molecule has 0 saturated carbocycles. The Bertz CT molecular complexity index is 1060. The summed E-state index contributed by atoms with van der Waals surface area (Å²) < 4.78 is 23.2. The Kier molecular flexibility index (Phi) is 5.80. The number of para-hydroxylation sites is 2. The molecule has 3 aromatic rings. The Labute approximate surface area is 165 Å². The molecule has 5 nitrogen and oxygen atoms in total. The average molecular weight is 394 g/mol. The van der Waals surface area contributed by atoms with Gasteiger partial charge in [-0.2, -0.15) is 0 Å². The summed E-state index contributed by atoms with van der Waals surface area (Å²) in [5, 5.41) is 6.23. The van der Waals surface area contributed by atoms with Gasteiger partial charge in [-0.25, -0.2) is 8.42 Å². The van der Waals surface area contributed by atoms with Crippen molar-refractivity contribution in [3.05, 3.63) is 90.0 Å². The number of nitrogens with one attached hydrogen (secondary N) is 2. The third-order valence-electron chi connectivity index (χ3n) is 4.38. The van der Waals surface area contributed by atoms with Crippen molar-refractivity contribution in [2.75, 3.05) is 11.6 Å². The Hall–Kier alpha value is -3.12. The molecule has 0 aliphatic carbocycles. The van der Waals surface area contributed by atoms with E-state index in [9.17, 15) is 13.2 Å². The van der Waals surface area contributed by atoms with Gasteiger partial charge in [0.15, 0.2) is 9.84 Å². The predicted molar refractivity (Wildman–Crippen MR) is 112 cm³/mol. The number of sulfone groups is 1. The second-order valence-electron chi connectivity index (χ2n) is 6.57. The third kappa shape index (κ3) is 4.78. The zero-order chi connectivity index (χ0) is 20.1. The van der Waals surface area contributed by atoms with Gasteiger partial charge in [0.25, 0.3) is 5.91 Å². The van der Waals surface area contributed by atoms with Crippen LogP contribution in [0.5, 0.6) is 0 Å². The second kappa shape index (κ2) is 8.27. The Morgan fingerprint density at radius 1 is 0.857 bits per heavy atom. The van der Waals surface area contributed by atoms with Crippen molar-refractivity contribution in [1.82, 2.24) is 5.32 Å². The molecule has 1 amide bonds. The number of carbonyl (C=O) groups is 1. The van der Waals surface area contributed by atoms with Gasteiger partial charge in [-0.1, -0.05) is 42.5 Å². The summed E-state index contributed by atoms with van der Waals surface area (Å²) in [5.41, 5.74) is 2.97. The van der Waals surface area contributed by atoms with Crippen molar-refractivity contribution in [2.24, 2.45) is 0 Å². The van der Waals surface area contributed by atoms with Gasteiger partial charge in [0.05, 0.1) is 22.2 Å². The molecule has 1 atom stereocenters. The van der Waals surface area contributed by atoms with E-state index in [1.165, 1.54) is 6.26 Å². The van der Waals surface area contributed by atoms with Crippen molar-refractivity contribution in [3.63, 3.8) is 0 Å². The number of hydrogen-bond acceptors (Lipinski definition) is 4. The number of rotatable bonds is 6. The molecule has 6 heteroatoms. The molecular weight excluding hydrogens is 372 g/mol. The predicted octanol–water partition coefficient (Wildman–Crippen LogP) is 4.32. The Morgan fingerprint density at radius 3 is 2.11 bits per heavy atom. The lowest BCUT2D eigenvalue weighted by atomic mass is 10.1. The number of benzene rings is 3. The van der Waals surface area contributed by atoms with Crippen LogP contribution in [0, 0.1) is 0 Å². The van der Waals surface area contributed by atoms with Crippen LogP contribution < -0.4 is 10.6 Å². The molecule has 0 spiro atoms. The van der Waals surface area contributed by atoms with Crippen molar-refractivity contribution in [2.45, 2.75) is 17.9 Å². The fraction of sp³-hybridized carbons (Fsp3) is 0.136. The van der Waals surface area contributed by atoms with Crippen LogP contribution in [0.1, 0.15) is 28.9 Å². The molecule has 0 heterocycles. The zero-order valence-corrected chi connectivity index (χ0v) is 16.5.